The van der Waals surface area contributed by atoms with Crippen molar-refractivity contribution in [1.82, 2.24) is 5.01 Å². The Labute approximate surface area is 101 Å². The van der Waals surface area contributed by atoms with E-state index in [1.54, 1.807) is 0 Å². The van der Waals surface area contributed by atoms with Crippen LogP contribution in [0.5, 0.6) is 0 Å². The predicted octanol–water partition coefficient (Wildman–Crippen LogP) is 3.29. The van der Waals surface area contributed by atoms with Gasteiger partial charge in [0.2, 0.25) is 0 Å². The van der Waals surface area contributed by atoms with E-state index >= 15 is 0 Å². The zero-order chi connectivity index (χ0) is 10.8. The molecule has 0 aliphatic carbocycles. The molecule has 80 valence electrons. The fraction of sp³-hybridized carbons (Fsp3) is 0.333. The van der Waals surface area contributed by atoms with Crippen molar-refractivity contribution < 1.29 is 4.79 Å². The van der Waals surface area contributed by atoms with Crippen LogP contribution in [-0.4, -0.2) is 28.3 Å². The molecule has 6 heteroatoms. The Morgan fingerprint density at radius 3 is 3.00 bits per heavy atom. The number of amides is 1. The first kappa shape index (κ1) is 11.0. The van der Waals surface area contributed by atoms with Crippen LogP contribution in [0.15, 0.2) is 17.2 Å². The van der Waals surface area contributed by atoms with E-state index in [-0.39, 0.29) is 5.24 Å². The highest BCUT2D eigenvalue weighted by molar-refractivity contribution is 8.14. The zero-order valence-corrected chi connectivity index (χ0v) is 10.5. The maximum atomic E-state index is 11.4. The molecular formula is C9H9ClN2OS2. The second-order valence-corrected chi connectivity index (χ2v) is 5.56. The van der Waals surface area contributed by atoms with Gasteiger partial charge in [-0.2, -0.15) is 5.10 Å². The molecular weight excluding hydrogens is 252 g/mol. The van der Waals surface area contributed by atoms with Crippen LogP contribution in [-0.2, 0) is 0 Å². The van der Waals surface area contributed by atoms with Gasteiger partial charge in [-0.15, -0.1) is 11.3 Å². The summed E-state index contributed by atoms with van der Waals surface area (Å²) in [6.07, 6.45) is 0. The summed E-state index contributed by atoms with van der Waals surface area (Å²) in [6, 6.07) is 3.79. The SMILES string of the molecule is CCN1N=C(c2ccc(Cl)s2)CSC1=O. The molecule has 0 saturated heterocycles. The van der Waals surface area contributed by atoms with E-state index in [0.29, 0.717) is 12.3 Å². The number of nitrogens with zero attached hydrogens (tertiary/aromatic N) is 2. The van der Waals surface area contributed by atoms with Gasteiger partial charge in [-0.3, -0.25) is 4.79 Å². The number of carbonyl (C=O) groups is 1. The van der Waals surface area contributed by atoms with Gasteiger partial charge in [-0.1, -0.05) is 23.4 Å². The molecule has 1 aliphatic heterocycles. The third-order valence-corrected chi connectivity index (χ3v) is 4.10. The molecule has 0 fully saturated rings. The molecule has 0 N–H and O–H groups in total. The normalized spacial score (nSPS) is 16.8. The van der Waals surface area contributed by atoms with Crippen LogP contribution in [0.25, 0.3) is 0 Å². The van der Waals surface area contributed by atoms with Crippen LogP contribution in [0, 0.1) is 0 Å². The number of hydrogen-bond acceptors (Lipinski definition) is 4. The van der Waals surface area contributed by atoms with E-state index in [1.807, 2.05) is 19.1 Å². The van der Waals surface area contributed by atoms with Crippen LogP contribution in [0.3, 0.4) is 0 Å². The number of hydrogen-bond donors (Lipinski definition) is 0. The second kappa shape index (κ2) is 4.55. The summed E-state index contributed by atoms with van der Waals surface area (Å²) in [5.41, 5.74) is 0.929. The van der Waals surface area contributed by atoms with Gasteiger partial charge in [-0.25, -0.2) is 5.01 Å². The minimum Gasteiger partial charge on any atom is -0.260 e. The van der Waals surface area contributed by atoms with Crippen molar-refractivity contribution in [2.75, 3.05) is 12.3 Å². The summed E-state index contributed by atoms with van der Waals surface area (Å²) in [6.45, 7) is 2.51. The smallest absolute Gasteiger partial charge is 0.260 e. The standard InChI is InChI=1S/C9H9ClN2OS2/c1-2-12-9(13)14-5-6(11-12)7-3-4-8(10)15-7/h3-4H,2,5H2,1H3. The van der Waals surface area contributed by atoms with Crippen molar-refractivity contribution in [3.63, 3.8) is 0 Å². The van der Waals surface area contributed by atoms with E-state index in [2.05, 4.69) is 5.10 Å². The highest BCUT2D eigenvalue weighted by atomic mass is 35.5. The van der Waals surface area contributed by atoms with Crippen molar-refractivity contribution in [2.24, 2.45) is 5.10 Å². The van der Waals surface area contributed by atoms with E-state index in [9.17, 15) is 4.79 Å². The maximum Gasteiger partial charge on any atom is 0.302 e. The van der Waals surface area contributed by atoms with Crippen molar-refractivity contribution in [1.29, 1.82) is 0 Å². The highest BCUT2D eigenvalue weighted by Crippen LogP contribution is 2.26. The van der Waals surface area contributed by atoms with Crippen molar-refractivity contribution in [3.05, 3.63) is 21.3 Å². The summed E-state index contributed by atoms with van der Waals surface area (Å²) >= 11 is 8.63. The summed E-state index contributed by atoms with van der Waals surface area (Å²) in [5, 5.41) is 5.80. The van der Waals surface area contributed by atoms with Crippen LogP contribution in [0.4, 0.5) is 4.79 Å². The third kappa shape index (κ3) is 2.35. The van der Waals surface area contributed by atoms with Crippen LogP contribution in [0.2, 0.25) is 4.34 Å². The lowest BCUT2D eigenvalue weighted by atomic mass is 10.3. The van der Waals surface area contributed by atoms with Crippen molar-refractivity contribution in [2.45, 2.75) is 6.92 Å². The molecule has 3 nitrogen and oxygen atoms in total. The van der Waals surface area contributed by atoms with Gasteiger partial charge in [0.25, 0.3) is 0 Å². The van der Waals surface area contributed by atoms with Crippen molar-refractivity contribution in [3.8, 4) is 0 Å². The quantitative estimate of drug-likeness (QED) is 0.817. The summed E-state index contributed by atoms with van der Waals surface area (Å²) in [5.74, 6) is 0.631. The molecule has 1 amide bonds. The Kier molecular flexibility index (Phi) is 3.33. The fourth-order valence-electron chi connectivity index (χ4n) is 1.21. The Hall–Kier alpha value is -0.520. The van der Waals surface area contributed by atoms with E-state index < -0.39 is 0 Å². The second-order valence-electron chi connectivity index (χ2n) is 2.92. The van der Waals surface area contributed by atoms with Gasteiger partial charge in [0.05, 0.1) is 14.9 Å². The molecule has 0 bridgehead atoms. The van der Waals surface area contributed by atoms with Crippen LogP contribution < -0.4 is 0 Å². The van der Waals surface area contributed by atoms with Crippen LogP contribution >= 0.6 is 34.7 Å². The first-order valence-electron chi connectivity index (χ1n) is 4.48. The average Bonchev–Trinajstić information content (AvgIpc) is 2.66. The monoisotopic (exact) mass is 260 g/mol. The van der Waals surface area contributed by atoms with Gasteiger partial charge in [0.1, 0.15) is 0 Å². The largest absolute Gasteiger partial charge is 0.302 e. The number of hydrazone groups is 1. The molecule has 2 heterocycles. The molecule has 15 heavy (non-hydrogen) atoms. The van der Waals surface area contributed by atoms with Gasteiger partial charge < -0.3 is 0 Å². The lowest BCUT2D eigenvalue weighted by Crippen LogP contribution is -2.29. The molecule has 0 unspecified atom stereocenters. The lowest BCUT2D eigenvalue weighted by molar-refractivity contribution is 0.227. The zero-order valence-electron chi connectivity index (χ0n) is 8.07. The van der Waals surface area contributed by atoms with Gasteiger partial charge in [-0.05, 0) is 19.1 Å². The summed E-state index contributed by atoms with van der Waals surface area (Å²) < 4.78 is 0.748. The Morgan fingerprint density at radius 1 is 1.60 bits per heavy atom. The molecule has 0 spiro atoms. The third-order valence-electron chi connectivity index (χ3n) is 1.94. The van der Waals surface area contributed by atoms with E-state index in [0.717, 1.165) is 14.9 Å². The fourth-order valence-corrected chi connectivity index (χ4v) is 3.12. The molecule has 2 rings (SSSR count). The molecule has 0 atom stereocenters. The molecule has 1 aromatic rings. The van der Waals surface area contributed by atoms with E-state index in [4.69, 9.17) is 11.6 Å². The number of carbonyl (C=O) groups excluding carboxylic acids is 1. The average molecular weight is 261 g/mol. The molecule has 0 aromatic carbocycles. The van der Waals surface area contributed by atoms with Gasteiger partial charge >= 0.3 is 5.24 Å². The molecule has 0 radical (unpaired) electrons. The molecule has 1 aromatic heterocycles. The number of thioether (sulfide) groups is 1. The van der Waals surface area contributed by atoms with Gasteiger partial charge in [0.15, 0.2) is 0 Å². The minimum atomic E-state index is 0.0175. The number of rotatable bonds is 2. The maximum absolute atomic E-state index is 11.4. The van der Waals surface area contributed by atoms with Crippen LogP contribution in [0.1, 0.15) is 11.8 Å². The summed E-state index contributed by atoms with van der Waals surface area (Å²) in [4.78, 5) is 12.4. The molecule has 0 saturated carbocycles. The molecule has 1 aliphatic rings. The number of thiophene rings is 1. The van der Waals surface area contributed by atoms with Gasteiger partial charge in [0, 0.05) is 12.3 Å². The van der Waals surface area contributed by atoms with Crippen molar-refractivity contribution >= 4 is 45.7 Å². The first-order chi connectivity index (χ1) is 7.20. The highest BCUT2D eigenvalue weighted by Gasteiger charge is 2.21. The Bertz CT molecular complexity index is 416. The first-order valence-corrected chi connectivity index (χ1v) is 6.66. The topological polar surface area (TPSA) is 32.7 Å². The predicted molar refractivity (Wildman–Crippen MR) is 66.1 cm³/mol. The van der Waals surface area contributed by atoms with E-state index in [1.165, 1.54) is 28.1 Å². The Balaban J connectivity index is 2.27. The Morgan fingerprint density at radius 2 is 2.40 bits per heavy atom. The number of halogens is 1. The summed E-state index contributed by atoms with van der Waals surface area (Å²) in [7, 11) is 0. The lowest BCUT2D eigenvalue weighted by Gasteiger charge is -2.20. The minimum absolute atomic E-state index is 0.0175.